The summed E-state index contributed by atoms with van der Waals surface area (Å²) in [5.74, 6) is 0.469. The largest absolute Gasteiger partial charge is 0.349 e. The average molecular weight is 180 g/mol. The predicted molar refractivity (Wildman–Crippen MR) is 59.0 cm³/mol. The molecule has 0 amide bonds. The van der Waals surface area contributed by atoms with E-state index in [1.165, 1.54) is 12.8 Å². The molecule has 0 atom stereocenters. The van der Waals surface area contributed by atoms with Crippen LogP contribution in [0.3, 0.4) is 0 Å². The summed E-state index contributed by atoms with van der Waals surface area (Å²) in [4.78, 5) is 0. The minimum absolute atomic E-state index is 0.469. The van der Waals surface area contributed by atoms with Crippen molar-refractivity contribution in [3.63, 3.8) is 0 Å². The maximum atomic E-state index is 7.19. The van der Waals surface area contributed by atoms with Gasteiger partial charge in [-0.3, -0.25) is 5.41 Å². The molecule has 0 aromatic carbocycles. The lowest BCUT2D eigenvalue weighted by Gasteiger charge is -2.06. The van der Waals surface area contributed by atoms with E-state index in [-0.39, 0.29) is 0 Å². The summed E-state index contributed by atoms with van der Waals surface area (Å²) >= 11 is 0. The molecule has 0 aliphatic rings. The van der Waals surface area contributed by atoms with Crippen molar-refractivity contribution in [3.8, 4) is 0 Å². The Labute approximate surface area is 81.2 Å². The zero-order valence-electron chi connectivity index (χ0n) is 8.53. The number of amidine groups is 1. The molecule has 0 aliphatic heterocycles. The molecule has 0 fully saturated rings. The van der Waals surface area contributed by atoms with Crippen molar-refractivity contribution in [2.24, 2.45) is 0 Å². The van der Waals surface area contributed by atoms with Crippen molar-refractivity contribution in [3.05, 3.63) is 24.9 Å². The number of nitrogens with one attached hydrogen (secondary N) is 2. The normalized spacial score (nSPS) is 9.31. The quantitative estimate of drug-likeness (QED) is 0.268. The molecule has 0 aliphatic carbocycles. The average Bonchev–Trinajstić information content (AvgIpc) is 2.02. The number of allylic oxidation sites excluding steroid dienone is 2. The van der Waals surface area contributed by atoms with Crippen LogP contribution in [0.4, 0.5) is 0 Å². The lowest BCUT2D eigenvalue weighted by atomic mass is 10.1. The molecule has 0 unspecified atom stereocenters. The molecule has 13 heavy (non-hydrogen) atoms. The standard InChI is InChI=1S/C11H20N2/c1-4-5-6-7-8-9-10(2)13-11(3)12/h4H,1-2,5-9H2,3H3,(H2,12,13). The Bertz CT molecular complexity index is 183. The maximum absolute atomic E-state index is 7.19. The van der Waals surface area contributed by atoms with E-state index < -0.39 is 0 Å². The fourth-order valence-electron chi connectivity index (χ4n) is 1.13. The molecule has 0 rings (SSSR count). The highest BCUT2D eigenvalue weighted by Crippen LogP contribution is 2.06. The zero-order valence-corrected chi connectivity index (χ0v) is 8.53. The van der Waals surface area contributed by atoms with Gasteiger partial charge in [0.2, 0.25) is 0 Å². The molecule has 0 bridgehead atoms. The van der Waals surface area contributed by atoms with Crippen LogP contribution < -0.4 is 5.32 Å². The second-order valence-corrected chi connectivity index (χ2v) is 3.24. The van der Waals surface area contributed by atoms with Gasteiger partial charge in [-0.1, -0.05) is 19.1 Å². The van der Waals surface area contributed by atoms with Crippen LogP contribution in [-0.4, -0.2) is 5.84 Å². The first-order valence-electron chi connectivity index (χ1n) is 4.77. The van der Waals surface area contributed by atoms with Crippen molar-refractivity contribution in [2.45, 2.75) is 39.0 Å². The van der Waals surface area contributed by atoms with E-state index in [1.807, 2.05) is 6.08 Å². The Balaban J connectivity index is 3.26. The van der Waals surface area contributed by atoms with Crippen molar-refractivity contribution >= 4 is 5.84 Å². The molecule has 0 heterocycles. The lowest BCUT2D eigenvalue weighted by Crippen LogP contribution is -2.17. The van der Waals surface area contributed by atoms with Crippen molar-refractivity contribution in [1.82, 2.24) is 5.32 Å². The van der Waals surface area contributed by atoms with Gasteiger partial charge in [-0.05, 0) is 32.6 Å². The Morgan fingerprint density at radius 3 is 2.62 bits per heavy atom. The zero-order chi connectivity index (χ0) is 10.1. The van der Waals surface area contributed by atoms with Crippen LogP contribution in [0.25, 0.3) is 0 Å². The van der Waals surface area contributed by atoms with Crippen molar-refractivity contribution in [1.29, 1.82) is 5.41 Å². The first-order valence-corrected chi connectivity index (χ1v) is 4.77. The van der Waals surface area contributed by atoms with Gasteiger partial charge in [0.25, 0.3) is 0 Å². The van der Waals surface area contributed by atoms with Crippen molar-refractivity contribution < 1.29 is 0 Å². The Morgan fingerprint density at radius 2 is 2.08 bits per heavy atom. The van der Waals surface area contributed by atoms with Crippen LogP contribution in [0.1, 0.15) is 39.0 Å². The molecule has 0 saturated carbocycles. The molecular weight excluding hydrogens is 160 g/mol. The van der Waals surface area contributed by atoms with E-state index in [4.69, 9.17) is 5.41 Å². The molecule has 0 saturated heterocycles. The highest BCUT2D eigenvalue weighted by molar-refractivity contribution is 5.77. The summed E-state index contributed by atoms with van der Waals surface area (Å²) in [6.45, 7) is 9.24. The Morgan fingerprint density at radius 1 is 1.38 bits per heavy atom. The lowest BCUT2D eigenvalue weighted by molar-refractivity contribution is 0.675. The second kappa shape index (κ2) is 7.59. The van der Waals surface area contributed by atoms with E-state index in [0.717, 1.165) is 25.0 Å². The van der Waals surface area contributed by atoms with E-state index in [1.54, 1.807) is 6.92 Å². The van der Waals surface area contributed by atoms with Crippen molar-refractivity contribution in [2.75, 3.05) is 0 Å². The van der Waals surface area contributed by atoms with Gasteiger partial charge in [0.05, 0.1) is 5.84 Å². The minimum atomic E-state index is 0.469. The highest BCUT2D eigenvalue weighted by atomic mass is 14.9. The molecule has 74 valence electrons. The van der Waals surface area contributed by atoms with Gasteiger partial charge in [-0.2, -0.15) is 0 Å². The number of hydrogen-bond acceptors (Lipinski definition) is 1. The first-order chi connectivity index (χ1) is 6.16. The molecule has 0 aromatic rings. The summed E-state index contributed by atoms with van der Waals surface area (Å²) in [6.07, 6.45) is 7.59. The summed E-state index contributed by atoms with van der Waals surface area (Å²) in [6, 6.07) is 0. The Kier molecular flexibility index (Phi) is 6.98. The van der Waals surface area contributed by atoms with Gasteiger partial charge in [-0.25, -0.2) is 0 Å². The van der Waals surface area contributed by atoms with E-state index in [9.17, 15) is 0 Å². The summed E-state index contributed by atoms with van der Waals surface area (Å²) in [5, 5.41) is 10.1. The fourth-order valence-corrected chi connectivity index (χ4v) is 1.13. The summed E-state index contributed by atoms with van der Waals surface area (Å²) in [5.41, 5.74) is 0.950. The van der Waals surface area contributed by atoms with Gasteiger partial charge in [0, 0.05) is 5.70 Å². The highest BCUT2D eigenvalue weighted by Gasteiger charge is 1.94. The van der Waals surface area contributed by atoms with Crippen LogP contribution in [0, 0.1) is 5.41 Å². The minimum Gasteiger partial charge on any atom is -0.349 e. The third kappa shape index (κ3) is 8.86. The van der Waals surface area contributed by atoms with Crippen LogP contribution >= 0.6 is 0 Å². The van der Waals surface area contributed by atoms with Gasteiger partial charge < -0.3 is 5.32 Å². The predicted octanol–water partition coefficient (Wildman–Crippen LogP) is 3.22. The summed E-state index contributed by atoms with van der Waals surface area (Å²) in [7, 11) is 0. The van der Waals surface area contributed by atoms with Gasteiger partial charge in [0.1, 0.15) is 0 Å². The Hall–Kier alpha value is -1.05. The maximum Gasteiger partial charge on any atom is 0.0941 e. The number of rotatable bonds is 7. The molecule has 2 N–H and O–H groups in total. The number of unbranched alkanes of at least 4 members (excludes halogenated alkanes) is 3. The third-order valence-electron chi connectivity index (χ3n) is 1.75. The smallest absolute Gasteiger partial charge is 0.0941 e. The van der Waals surface area contributed by atoms with Crippen LogP contribution in [0.2, 0.25) is 0 Å². The SMILES string of the molecule is C=CCCCCCC(=C)NC(C)=N. The molecule has 0 radical (unpaired) electrons. The van der Waals surface area contributed by atoms with Crippen LogP contribution in [0.15, 0.2) is 24.9 Å². The van der Waals surface area contributed by atoms with Gasteiger partial charge in [-0.15, -0.1) is 6.58 Å². The van der Waals surface area contributed by atoms with E-state index >= 15 is 0 Å². The third-order valence-corrected chi connectivity index (χ3v) is 1.75. The second-order valence-electron chi connectivity index (χ2n) is 3.24. The fraction of sp³-hybridized carbons (Fsp3) is 0.545. The topological polar surface area (TPSA) is 35.9 Å². The van der Waals surface area contributed by atoms with Gasteiger partial charge in [0.15, 0.2) is 0 Å². The molecule has 2 heteroatoms. The van der Waals surface area contributed by atoms with Gasteiger partial charge >= 0.3 is 0 Å². The van der Waals surface area contributed by atoms with Crippen LogP contribution in [-0.2, 0) is 0 Å². The molecular formula is C11H20N2. The molecule has 2 nitrogen and oxygen atoms in total. The van der Waals surface area contributed by atoms with E-state index in [2.05, 4.69) is 18.5 Å². The summed E-state index contributed by atoms with van der Waals surface area (Å²) < 4.78 is 0. The first kappa shape index (κ1) is 11.9. The number of hydrogen-bond donors (Lipinski definition) is 2. The monoisotopic (exact) mass is 180 g/mol. The molecule has 0 spiro atoms. The molecule has 0 aromatic heterocycles. The van der Waals surface area contributed by atoms with Crippen LogP contribution in [0.5, 0.6) is 0 Å². The van der Waals surface area contributed by atoms with E-state index in [0.29, 0.717) is 5.84 Å².